The van der Waals surface area contributed by atoms with Crippen LogP contribution in [0.2, 0.25) is 0 Å². The summed E-state index contributed by atoms with van der Waals surface area (Å²) in [5, 5.41) is 9.12. The molecule has 0 atom stereocenters. The van der Waals surface area contributed by atoms with Gasteiger partial charge < -0.3 is 14.7 Å². The Balaban J connectivity index is 2.07. The van der Waals surface area contributed by atoms with Gasteiger partial charge in [0.25, 0.3) is 0 Å². The van der Waals surface area contributed by atoms with Crippen LogP contribution in [0.5, 0.6) is 5.75 Å². The van der Waals surface area contributed by atoms with E-state index in [-0.39, 0.29) is 5.56 Å². The van der Waals surface area contributed by atoms with E-state index >= 15 is 0 Å². The first-order chi connectivity index (χ1) is 8.60. The maximum atomic E-state index is 11.1. The molecule has 0 spiro atoms. The first kappa shape index (κ1) is 12.9. The second kappa shape index (κ2) is 5.40. The highest BCUT2D eigenvalue weighted by Crippen LogP contribution is 2.30. The first-order valence-corrected chi connectivity index (χ1v) is 6.19. The summed E-state index contributed by atoms with van der Waals surface area (Å²) in [6.45, 7) is 1.87. The van der Waals surface area contributed by atoms with Gasteiger partial charge in [0.05, 0.1) is 7.11 Å². The molecule has 1 fully saturated rings. The summed E-state index contributed by atoms with van der Waals surface area (Å²) in [4.78, 5) is 13.4. The van der Waals surface area contributed by atoms with Crippen LogP contribution in [0.3, 0.4) is 0 Å². The highest BCUT2D eigenvalue weighted by molar-refractivity contribution is 5.91. The van der Waals surface area contributed by atoms with Gasteiger partial charge in [-0.3, -0.25) is 0 Å². The lowest BCUT2D eigenvalue weighted by Crippen LogP contribution is -2.20. The molecule has 0 heterocycles. The topological polar surface area (TPSA) is 49.8 Å². The lowest BCUT2D eigenvalue weighted by Gasteiger charge is -2.17. The minimum atomic E-state index is -0.946. The zero-order valence-electron chi connectivity index (χ0n) is 10.8. The molecule has 2 rings (SSSR count). The number of hydrogen-bond donors (Lipinski definition) is 1. The third kappa shape index (κ3) is 3.23. The number of ether oxygens (including phenoxy) is 1. The summed E-state index contributed by atoms with van der Waals surface area (Å²) < 4.78 is 5.05. The SMILES string of the molecule is COc1ccc(CN(C)CC2CC2)cc1C(=O)O. The van der Waals surface area contributed by atoms with E-state index in [2.05, 4.69) is 11.9 Å². The molecule has 1 saturated carbocycles. The van der Waals surface area contributed by atoms with Crippen LogP contribution >= 0.6 is 0 Å². The molecule has 0 radical (unpaired) electrons. The van der Waals surface area contributed by atoms with Gasteiger partial charge >= 0.3 is 5.97 Å². The standard InChI is InChI=1S/C14H19NO3/c1-15(8-10-3-4-10)9-11-5-6-13(18-2)12(7-11)14(16)17/h5-7,10H,3-4,8-9H2,1-2H3,(H,16,17). The number of carboxylic acid groups (broad SMARTS) is 1. The van der Waals surface area contributed by atoms with E-state index in [0.29, 0.717) is 5.75 Å². The monoisotopic (exact) mass is 249 g/mol. The molecule has 1 aromatic rings. The summed E-state index contributed by atoms with van der Waals surface area (Å²) in [6, 6.07) is 5.35. The number of benzene rings is 1. The van der Waals surface area contributed by atoms with E-state index in [0.717, 1.165) is 24.6 Å². The lowest BCUT2D eigenvalue weighted by atomic mass is 10.1. The quantitative estimate of drug-likeness (QED) is 0.840. The zero-order chi connectivity index (χ0) is 13.1. The third-order valence-corrected chi connectivity index (χ3v) is 3.21. The fourth-order valence-corrected chi connectivity index (χ4v) is 2.14. The Kier molecular flexibility index (Phi) is 3.87. The number of carboxylic acids is 1. The normalized spacial score (nSPS) is 14.8. The van der Waals surface area contributed by atoms with E-state index < -0.39 is 5.97 Å². The van der Waals surface area contributed by atoms with Crippen molar-refractivity contribution in [3.63, 3.8) is 0 Å². The molecule has 0 unspecified atom stereocenters. The van der Waals surface area contributed by atoms with Gasteiger partial charge in [0.1, 0.15) is 11.3 Å². The second-order valence-electron chi connectivity index (χ2n) is 4.98. The van der Waals surface area contributed by atoms with Crippen LogP contribution in [-0.4, -0.2) is 36.7 Å². The molecule has 0 aliphatic heterocycles. The van der Waals surface area contributed by atoms with Gasteiger partial charge in [0, 0.05) is 13.1 Å². The Morgan fingerprint density at radius 3 is 2.78 bits per heavy atom. The van der Waals surface area contributed by atoms with Gasteiger partial charge in [-0.2, -0.15) is 0 Å². The molecular formula is C14H19NO3. The van der Waals surface area contributed by atoms with E-state index in [1.807, 2.05) is 6.07 Å². The Morgan fingerprint density at radius 1 is 1.50 bits per heavy atom. The van der Waals surface area contributed by atoms with Gasteiger partial charge in [-0.05, 0) is 43.5 Å². The number of aromatic carboxylic acids is 1. The molecule has 0 bridgehead atoms. The number of hydrogen-bond acceptors (Lipinski definition) is 3. The fourth-order valence-electron chi connectivity index (χ4n) is 2.14. The largest absolute Gasteiger partial charge is 0.496 e. The highest BCUT2D eigenvalue weighted by Gasteiger charge is 2.22. The molecule has 0 aromatic heterocycles. The van der Waals surface area contributed by atoms with Crippen LogP contribution in [0.25, 0.3) is 0 Å². The van der Waals surface area contributed by atoms with Crippen molar-refractivity contribution in [1.29, 1.82) is 0 Å². The number of nitrogens with zero attached hydrogens (tertiary/aromatic N) is 1. The van der Waals surface area contributed by atoms with Crippen LogP contribution in [-0.2, 0) is 6.54 Å². The van der Waals surface area contributed by atoms with Crippen molar-refractivity contribution in [2.75, 3.05) is 20.7 Å². The van der Waals surface area contributed by atoms with Crippen molar-refractivity contribution in [3.05, 3.63) is 29.3 Å². The van der Waals surface area contributed by atoms with Gasteiger partial charge in [0.15, 0.2) is 0 Å². The van der Waals surface area contributed by atoms with Crippen molar-refractivity contribution in [2.45, 2.75) is 19.4 Å². The Labute approximate surface area is 107 Å². The van der Waals surface area contributed by atoms with Crippen LogP contribution in [0.1, 0.15) is 28.8 Å². The van der Waals surface area contributed by atoms with Crippen LogP contribution in [0.4, 0.5) is 0 Å². The maximum Gasteiger partial charge on any atom is 0.339 e. The Bertz CT molecular complexity index is 441. The minimum Gasteiger partial charge on any atom is -0.496 e. The molecule has 0 saturated heterocycles. The average molecular weight is 249 g/mol. The van der Waals surface area contributed by atoms with E-state index in [9.17, 15) is 4.79 Å². The third-order valence-electron chi connectivity index (χ3n) is 3.21. The molecule has 4 nitrogen and oxygen atoms in total. The van der Waals surface area contributed by atoms with E-state index in [4.69, 9.17) is 9.84 Å². The molecular weight excluding hydrogens is 230 g/mol. The average Bonchev–Trinajstić information content (AvgIpc) is 3.12. The summed E-state index contributed by atoms with van der Waals surface area (Å²) in [5.74, 6) is 0.307. The Morgan fingerprint density at radius 2 is 2.22 bits per heavy atom. The van der Waals surface area contributed by atoms with E-state index in [1.165, 1.54) is 20.0 Å². The predicted octanol–water partition coefficient (Wildman–Crippen LogP) is 2.24. The Hall–Kier alpha value is -1.55. The number of methoxy groups -OCH3 is 1. The van der Waals surface area contributed by atoms with E-state index in [1.54, 1.807) is 12.1 Å². The molecule has 1 N–H and O–H groups in total. The smallest absolute Gasteiger partial charge is 0.339 e. The first-order valence-electron chi connectivity index (χ1n) is 6.19. The van der Waals surface area contributed by atoms with Gasteiger partial charge in [-0.1, -0.05) is 6.07 Å². The molecule has 18 heavy (non-hydrogen) atoms. The summed E-state index contributed by atoms with van der Waals surface area (Å²) in [5.41, 5.74) is 1.24. The predicted molar refractivity (Wildman–Crippen MR) is 69.0 cm³/mol. The van der Waals surface area contributed by atoms with Crippen LogP contribution in [0, 0.1) is 5.92 Å². The summed E-state index contributed by atoms with van der Waals surface area (Å²) in [7, 11) is 3.56. The van der Waals surface area contributed by atoms with Crippen LogP contribution in [0.15, 0.2) is 18.2 Å². The van der Waals surface area contributed by atoms with Crippen molar-refractivity contribution >= 4 is 5.97 Å². The molecule has 4 heteroatoms. The zero-order valence-corrected chi connectivity index (χ0v) is 10.8. The molecule has 1 aliphatic rings. The highest BCUT2D eigenvalue weighted by atomic mass is 16.5. The maximum absolute atomic E-state index is 11.1. The minimum absolute atomic E-state index is 0.231. The molecule has 98 valence electrons. The molecule has 0 amide bonds. The molecule has 1 aliphatic carbocycles. The summed E-state index contributed by atoms with van der Waals surface area (Å²) >= 11 is 0. The van der Waals surface area contributed by atoms with Gasteiger partial charge in [-0.25, -0.2) is 4.79 Å². The summed E-state index contributed by atoms with van der Waals surface area (Å²) in [6.07, 6.45) is 2.65. The molecule has 1 aromatic carbocycles. The number of rotatable bonds is 6. The second-order valence-corrected chi connectivity index (χ2v) is 4.98. The lowest BCUT2D eigenvalue weighted by molar-refractivity contribution is 0.0693. The van der Waals surface area contributed by atoms with Crippen molar-refractivity contribution in [3.8, 4) is 5.75 Å². The fraction of sp³-hybridized carbons (Fsp3) is 0.500. The van der Waals surface area contributed by atoms with Crippen molar-refractivity contribution < 1.29 is 14.6 Å². The van der Waals surface area contributed by atoms with Gasteiger partial charge in [0.2, 0.25) is 0 Å². The van der Waals surface area contributed by atoms with Crippen molar-refractivity contribution in [1.82, 2.24) is 4.90 Å². The van der Waals surface area contributed by atoms with Crippen LogP contribution < -0.4 is 4.74 Å². The van der Waals surface area contributed by atoms with Crippen molar-refractivity contribution in [2.24, 2.45) is 5.92 Å². The number of carbonyl (C=O) groups is 1. The van der Waals surface area contributed by atoms with Gasteiger partial charge in [-0.15, -0.1) is 0 Å².